The van der Waals surface area contributed by atoms with Crippen molar-refractivity contribution < 1.29 is 20.1 Å². The van der Waals surface area contributed by atoms with Gasteiger partial charge in [-0.05, 0) is 70.6 Å². The summed E-state index contributed by atoms with van der Waals surface area (Å²) in [7, 11) is 0. The fourth-order valence-corrected chi connectivity index (χ4v) is 7.93. The second kappa shape index (κ2) is 48.2. The number of nitrogens with one attached hydrogen (secondary N) is 1. The van der Waals surface area contributed by atoms with Crippen molar-refractivity contribution in [3.05, 3.63) is 36.5 Å². The van der Waals surface area contributed by atoms with Crippen LogP contribution < -0.4 is 5.32 Å². The third-order valence-electron chi connectivity index (χ3n) is 11.9. The Hall–Kier alpha value is -1.43. The first-order valence-electron chi connectivity index (χ1n) is 25.8. The third-order valence-corrected chi connectivity index (χ3v) is 11.9. The number of hydrogen-bond acceptors (Lipinski definition) is 4. The van der Waals surface area contributed by atoms with E-state index in [2.05, 4.69) is 55.6 Å². The fraction of sp³-hybridized carbons (Fsp3) is 0.868. The van der Waals surface area contributed by atoms with E-state index < -0.39 is 18.2 Å². The molecule has 3 atom stereocenters. The number of carbonyl (C=O) groups is 1. The molecule has 342 valence electrons. The minimum atomic E-state index is -1.16. The Morgan fingerprint density at radius 3 is 1.10 bits per heavy atom. The summed E-state index contributed by atoms with van der Waals surface area (Å²) in [5.74, 6) is -0.157. The highest BCUT2D eigenvalue weighted by molar-refractivity contribution is 5.76. The number of unbranched alkanes of at least 4 members (excludes halogenated alkanes) is 33. The standard InChI is InChI=1S/C53H101NO4/c1-3-5-7-9-11-13-15-16-17-18-19-20-21-22-23-24-25-26-27-28-29-30-31-32-33-34-35-36-38-40-42-44-46-48-52(57)54-50(49-55)53(58)51(56)47-45-43-41-39-37-14-12-10-8-6-4-2/h10,12,22-23,39,41,50-51,53,55-56,58H,3-9,11,13-21,24-38,40,42-49H2,1-2H3,(H,54,57)/b12-10+,23-22-,41-39+. The van der Waals surface area contributed by atoms with Gasteiger partial charge in [0.15, 0.2) is 0 Å². The van der Waals surface area contributed by atoms with Gasteiger partial charge in [-0.25, -0.2) is 0 Å². The van der Waals surface area contributed by atoms with E-state index in [4.69, 9.17) is 0 Å². The van der Waals surface area contributed by atoms with Crippen LogP contribution in [0, 0.1) is 0 Å². The van der Waals surface area contributed by atoms with Gasteiger partial charge in [-0.3, -0.25) is 4.79 Å². The van der Waals surface area contributed by atoms with Crippen molar-refractivity contribution in [1.29, 1.82) is 0 Å². The molecule has 0 heterocycles. The monoisotopic (exact) mass is 816 g/mol. The number of rotatable bonds is 47. The van der Waals surface area contributed by atoms with E-state index in [1.807, 2.05) is 0 Å². The Kier molecular flexibility index (Phi) is 47.0. The first-order valence-corrected chi connectivity index (χ1v) is 25.8. The van der Waals surface area contributed by atoms with Crippen LogP contribution in [-0.2, 0) is 4.79 Å². The molecule has 0 aliphatic heterocycles. The first-order chi connectivity index (χ1) is 28.6. The van der Waals surface area contributed by atoms with E-state index in [0.717, 1.165) is 51.4 Å². The van der Waals surface area contributed by atoms with Crippen LogP contribution in [0.25, 0.3) is 0 Å². The van der Waals surface area contributed by atoms with Gasteiger partial charge in [0.2, 0.25) is 5.91 Å². The number of carbonyl (C=O) groups excluding carboxylic acids is 1. The van der Waals surface area contributed by atoms with Crippen LogP contribution in [0.3, 0.4) is 0 Å². The third kappa shape index (κ3) is 42.7. The van der Waals surface area contributed by atoms with Crippen LogP contribution >= 0.6 is 0 Å². The molecule has 0 aliphatic rings. The smallest absolute Gasteiger partial charge is 0.220 e. The highest BCUT2D eigenvalue weighted by atomic mass is 16.3. The van der Waals surface area contributed by atoms with Gasteiger partial charge in [-0.15, -0.1) is 0 Å². The molecule has 0 rings (SSSR count). The van der Waals surface area contributed by atoms with Gasteiger partial charge < -0.3 is 20.6 Å². The van der Waals surface area contributed by atoms with Crippen molar-refractivity contribution in [2.24, 2.45) is 0 Å². The molecule has 4 N–H and O–H groups in total. The van der Waals surface area contributed by atoms with E-state index in [0.29, 0.717) is 12.8 Å². The molecule has 0 aromatic carbocycles. The lowest BCUT2D eigenvalue weighted by molar-refractivity contribution is -0.124. The highest BCUT2D eigenvalue weighted by Gasteiger charge is 2.26. The molecule has 0 aliphatic carbocycles. The van der Waals surface area contributed by atoms with Crippen molar-refractivity contribution in [1.82, 2.24) is 5.32 Å². The summed E-state index contributed by atoms with van der Waals surface area (Å²) >= 11 is 0. The van der Waals surface area contributed by atoms with Crippen LogP contribution in [0.15, 0.2) is 36.5 Å². The number of aliphatic hydroxyl groups excluding tert-OH is 3. The number of aliphatic hydroxyl groups is 3. The van der Waals surface area contributed by atoms with E-state index in [-0.39, 0.29) is 12.5 Å². The lowest BCUT2D eigenvalue weighted by atomic mass is 10.0. The van der Waals surface area contributed by atoms with E-state index in [1.165, 1.54) is 193 Å². The topological polar surface area (TPSA) is 89.8 Å². The SMILES string of the molecule is CCCC/C=C/CC/C=C/CCCC(O)C(O)C(CO)NC(=O)CCCCCCCCCCCCCCCCCCC/C=C\CCCCCCCCCCCCCC. The van der Waals surface area contributed by atoms with Gasteiger partial charge in [0, 0.05) is 6.42 Å². The lowest BCUT2D eigenvalue weighted by Gasteiger charge is -2.26. The maximum atomic E-state index is 12.4. The predicted molar refractivity (Wildman–Crippen MR) is 254 cm³/mol. The van der Waals surface area contributed by atoms with Crippen molar-refractivity contribution in [2.75, 3.05) is 6.61 Å². The lowest BCUT2D eigenvalue weighted by Crippen LogP contribution is -2.50. The Balaban J connectivity index is 3.48. The van der Waals surface area contributed by atoms with Gasteiger partial charge in [0.05, 0.1) is 18.8 Å². The Bertz CT molecular complexity index is 901. The maximum absolute atomic E-state index is 12.4. The summed E-state index contributed by atoms with van der Waals surface area (Å²) in [6.45, 7) is 4.12. The summed E-state index contributed by atoms with van der Waals surface area (Å²) in [4.78, 5) is 12.4. The van der Waals surface area contributed by atoms with Crippen LogP contribution in [0.4, 0.5) is 0 Å². The summed E-state index contributed by atoms with van der Waals surface area (Å²) < 4.78 is 0. The molecule has 1 amide bonds. The molecule has 0 spiro atoms. The van der Waals surface area contributed by atoms with E-state index in [1.54, 1.807) is 0 Å². The quantitative estimate of drug-likeness (QED) is 0.0364. The van der Waals surface area contributed by atoms with Gasteiger partial charge in [0.25, 0.3) is 0 Å². The second-order valence-electron chi connectivity index (χ2n) is 17.7. The average molecular weight is 816 g/mol. The van der Waals surface area contributed by atoms with Crippen LogP contribution in [-0.4, -0.2) is 46.1 Å². The molecule has 5 nitrogen and oxygen atoms in total. The molecule has 0 aromatic heterocycles. The van der Waals surface area contributed by atoms with E-state index in [9.17, 15) is 20.1 Å². The van der Waals surface area contributed by atoms with Gasteiger partial charge in [-0.2, -0.15) is 0 Å². The molecule has 5 heteroatoms. The number of allylic oxidation sites excluding steroid dienone is 6. The Morgan fingerprint density at radius 2 is 0.724 bits per heavy atom. The summed E-state index contributed by atoms with van der Waals surface area (Å²) in [6, 6.07) is -0.830. The van der Waals surface area contributed by atoms with E-state index >= 15 is 0 Å². The van der Waals surface area contributed by atoms with Crippen molar-refractivity contribution in [2.45, 2.75) is 289 Å². The number of amides is 1. The van der Waals surface area contributed by atoms with Gasteiger partial charge >= 0.3 is 0 Å². The Labute approximate surface area is 362 Å². The minimum absolute atomic E-state index is 0.157. The summed E-state index contributed by atoms with van der Waals surface area (Å²) in [5, 5.41) is 33.4. The average Bonchev–Trinajstić information content (AvgIpc) is 3.23. The molecule has 58 heavy (non-hydrogen) atoms. The van der Waals surface area contributed by atoms with Crippen molar-refractivity contribution in [3.8, 4) is 0 Å². The zero-order chi connectivity index (χ0) is 42.3. The molecule has 0 radical (unpaired) electrons. The molecular weight excluding hydrogens is 715 g/mol. The van der Waals surface area contributed by atoms with Crippen LogP contribution in [0.2, 0.25) is 0 Å². The molecule has 0 saturated heterocycles. The van der Waals surface area contributed by atoms with Crippen LogP contribution in [0.5, 0.6) is 0 Å². The van der Waals surface area contributed by atoms with Crippen LogP contribution in [0.1, 0.15) is 271 Å². The van der Waals surface area contributed by atoms with Gasteiger partial charge in [0.1, 0.15) is 6.10 Å². The second-order valence-corrected chi connectivity index (χ2v) is 17.7. The highest BCUT2D eigenvalue weighted by Crippen LogP contribution is 2.16. The minimum Gasteiger partial charge on any atom is -0.394 e. The predicted octanol–water partition coefficient (Wildman–Crippen LogP) is 15.5. The van der Waals surface area contributed by atoms with Crippen molar-refractivity contribution >= 4 is 5.91 Å². The zero-order valence-electron chi connectivity index (χ0n) is 38.9. The number of hydrogen-bond donors (Lipinski definition) is 4. The normalized spacial score (nSPS) is 13.7. The molecular formula is C53H101NO4. The Morgan fingerprint density at radius 1 is 0.414 bits per heavy atom. The molecule has 0 aromatic rings. The van der Waals surface area contributed by atoms with Gasteiger partial charge in [-0.1, -0.05) is 230 Å². The maximum Gasteiger partial charge on any atom is 0.220 e. The summed E-state index contributed by atoms with van der Waals surface area (Å²) in [5.41, 5.74) is 0. The first kappa shape index (κ1) is 56.6. The molecule has 0 fully saturated rings. The zero-order valence-corrected chi connectivity index (χ0v) is 38.9. The molecule has 3 unspecified atom stereocenters. The fourth-order valence-electron chi connectivity index (χ4n) is 7.93. The summed E-state index contributed by atoms with van der Waals surface area (Å²) in [6.07, 6.45) is 61.6. The largest absolute Gasteiger partial charge is 0.394 e. The molecule has 0 bridgehead atoms. The van der Waals surface area contributed by atoms with Crippen molar-refractivity contribution in [3.63, 3.8) is 0 Å². The molecule has 0 saturated carbocycles.